The summed E-state index contributed by atoms with van der Waals surface area (Å²) in [5, 5.41) is 4.06. The highest BCUT2D eigenvalue weighted by molar-refractivity contribution is 5.37. The van der Waals surface area contributed by atoms with Gasteiger partial charge in [-0.1, -0.05) is 18.2 Å². The van der Waals surface area contributed by atoms with Gasteiger partial charge in [-0.05, 0) is 11.6 Å². The molecule has 2 heterocycles. The van der Waals surface area contributed by atoms with Crippen LogP contribution in [0.5, 0.6) is 5.75 Å². The number of aromatic nitrogens is 2. The average Bonchev–Trinajstić information content (AvgIpc) is 2.94. The van der Waals surface area contributed by atoms with Crippen molar-refractivity contribution in [2.75, 3.05) is 7.11 Å². The first-order valence-corrected chi connectivity index (χ1v) is 6.06. The number of para-hydroxylation sites is 1. The monoisotopic (exact) mass is 262 g/mol. The minimum atomic E-state index is -0.480. The lowest BCUT2D eigenvalue weighted by Gasteiger charge is -2.08. The fourth-order valence-corrected chi connectivity index (χ4v) is 2.20. The van der Waals surface area contributed by atoms with Crippen molar-refractivity contribution < 1.29 is 13.9 Å². The molecule has 1 atom stereocenters. The van der Waals surface area contributed by atoms with Gasteiger partial charge in [0.05, 0.1) is 6.54 Å². The van der Waals surface area contributed by atoms with Crippen molar-refractivity contribution in [1.29, 1.82) is 0 Å². The van der Waals surface area contributed by atoms with Crippen molar-refractivity contribution in [2.24, 2.45) is 0 Å². The van der Waals surface area contributed by atoms with Gasteiger partial charge >= 0.3 is 5.76 Å². The number of fused-ring (bicyclic) bond motifs is 1. The Balaban J connectivity index is 1.72. The normalized spacial score (nSPS) is 17.2. The summed E-state index contributed by atoms with van der Waals surface area (Å²) in [6.07, 6.45) is 0.685. The van der Waals surface area contributed by atoms with E-state index in [9.17, 15) is 4.79 Å². The number of ether oxygens (including phenoxy) is 2. The lowest BCUT2D eigenvalue weighted by atomic mass is 10.1. The van der Waals surface area contributed by atoms with Gasteiger partial charge in [0.1, 0.15) is 18.5 Å². The highest BCUT2D eigenvalue weighted by Crippen LogP contribution is 2.28. The van der Waals surface area contributed by atoms with Crippen molar-refractivity contribution in [3.05, 3.63) is 46.3 Å². The van der Waals surface area contributed by atoms with Crippen molar-refractivity contribution in [3.8, 4) is 5.75 Å². The molecule has 0 saturated carbocycles. The highest BCUT2D eigenvalue weighted by atomic mass is 16.5. The van der Waals surface area contributed by atoms with Gasteiger partial charge in [-0.2, -0.15) is 4.68 Å². The van der Waals surface area contributed by atoms with Crippen molar-refractivity contribution in [3.63, 3.8) is 0 Å². The summed E-state index contributed by atoms with van der Waals surface area (Å²) in [5.41, 5.74) is 1.15. The second-order valence-electron chi connectivity index (χ2n) is 4.43. The van der Waals surface area contributed by atoms with Crippen LogP contribution in [-0.2, 0) is 24.3 Å². The third-order valence-corrected chi connectivity index (χ3v) is 3.01. The van der Waals surface area contributed by atoms with E-state index in [0.717, 1.165) is 17.7 Å². The van der Waals surface area contributed by atoms with Crippen LogP contribution in [0.15, 0.2) is 33.5 Å². The van der Waals surface area contributed by atoms with Crippen molar-refractivity contribution >= 4 is 0 Å². The van der Waals surface area contributed by atoms with Gasteiger partial charge in [0.2, 0.25) is 5.89 Å². The molecule has 0 radical (unpaired) electrons. The fraction of sp³-hybridized carbons (Fsp3) is 0.385. The van der Waals surface area contributed by atoms with Crippen LogP contribution in [0.3, 0.4) is 0 Å². The van der Waals surface area contributed by atoms with E-state index in [2.05, 4.69) is 5.10 Å². The van der Waals surface area contributed by atoms with Gasteiger partial charge in [0, 0.05) is 13.5 Å². The zero-order valence-corrected chi connectivity index (χ0v) is 10.5. The Labute approximate surface area is 109 Å². The summed E-state index contributed by atoms with van der Waals surface area (Å²) in [5.74, 6) is 0.677. The zero-order chi connectivity index (χ0) is 13.2. The summed E-state index contributed by atoms with van der Waals surface area (Å²) in [6, 6.07) is 7.86. The third kappa shape index (κ3) is 2.39. The molecule has 0 bridgehead atoms. The molecular weight excluding hydrogens is 248 g/mol. The zero-order valence-electron chi connectivity index (χ0n) is 10.5. The first-order chi connectivity index (χ1) is 9.26. The van der Waals surface area contributed by atoms with E-state index >= 15 is 0 Å². The molecule has 0 N–H and O–H groups in total. The van der Waals surface area contributed by atoms with Gasteiger partial charge in [-0.3, -0.25) is 0 Å². The van der Waals surface area contributed by atoms with E-state index in [0.29, 0.717) is 6.54 Å². The van der Waals surface area contributed by atoms with Crippen LogP contribution in [0.4, 0.5) is 0 Å². The lowest BCUT2D eigenvalue weighted by Crippen LogP contribution is -2.27. The quantitative estimate of drug-likeness (QED) is 0.822. The Kier molecular flexibility index (Phi) is 3.08. The number of methoxy groups -OCH3 is 1. The number of hydrogen-bond acceptors (Lipinski definition) is 5. The average molecular weight is 262 g/mol. The number of rotatable bonds is 4. The molecule has 1 aliphatic heterocycles. The summed E-state index contributed by atoms with van der Waals surface area (Å²) >= 11 is 0. The Morgan fingerprint density at radius 3 is 3.11 bits per heavy atom. The Morgan fingerprint density at radius 2 is 2.32 bits per heavy atom. The van der Waals surface area contributed by atoms with E-state index < -0.39 is 5.76 Å². The standard InChI is InChI=1S/C13H14N2O4/c1-17-8-12-14-15(13(16)19-12)7-10-6-9-4-2-3-5-11(9)18-10/h2-5,10H,6-8H2,1H3/t10-/m0/s1. The molecule has 2 aromatic rings. The predicted octanol–water partition coefficient (Wildman–Crippen LogP) is 0.986. The number of benzene rings is 1. The highest BCUT2D eigenvalue weighted by Gasteiger charge is 2.24. The van der Waals surface area contributed by atoms with E-state index in [-0.39, 0.29) is 18.6 Å². The van der Waals surface area contributed by atoms with Crippen molar-refractivity contribution in [2.45, 2.75) is 25.7 Å². The molecule has 3 rings (SSSR count). The fourth-order valence-electron chi connectivity index (χ4n) is 2.20. The Bertz CT molecular complexity index is 607. The van der Waals surface area contributed by atoms with E-state index in [4.69, 9.17) is 13.9 Å². The molecule has 0 saturated heterocycles. The second kappa shape index (κ2) is 4.89. The van der Waals surface area contributed by atoms with E-state index in [1.807, 2.05) is 24.3 Å². The maximum atomic E-state index is 11.6. The van der Waals surface area contributed by atoms with Crippen LogP contribution in [0.2, 0.25) is 0 Å². The van der Waals surface area contributed by atoms with Gasteiger partial charge < -0.3 is 13.9 Å². The smallest absolute Gasteiger partial charge is 0.437 e. The first-order valence-electron chi connectivity index (χ1n) is 6.06. The molecule has 1 aromatic heterocycles. The third-order valence-electron chi connectivity index (χ3n) is 3.01. The van der Waals surface area contributed by atoms with E-state index in [1.54, 1.807) is 0 Å². The summed E-state index contributed by atoms with van der Waals surface area (Å²) in [7, 11) is 1.52. The molecule has 0 fully saturated rings. The summed E-state index contributed by atoms with van der Waals surface area (Å²) in [6.45, 7) is 0.564. The maximum absolute atomic E-state index is 11.6. The van der Waals surface area contributed by atoms with Crippen LogP contribution >= 0.6 is 0 Å². The van der Waals surface area contributed by atoms with Crippen molar-refractivity contribution in [1.82, 2.24) is 9.78 Å². The molecule has 1 aliphatic rings. The number of nitrogens with zero attached hydrogens (tertiary/aromatic N) is 2. The molecule has 6 heteroatoms. The lowest BCUT2D eigenvalue weighted by molar-refractivity contribution is 0.158. The van der Waals surface area contributed by atoms with E-state index in [1.165, 1.54) is 11.8 Å². The molecule has 0 unspecified atom stereocenters. The molecule has 0 spiro atoms. The van der Waals surface area contributed by atoms with Gasteiger partial charge in [0.25, 0.3) is 0 Å². The molecule has 6 nitrogen and oxygen atoms in total. The SMILES string of the molecule is COCc1nn(C[C@@H]2Cc3ccccc3O2)c(=O)o1. The summed E-state index contributed by atoms with van der Waals surface area (Å²) < 4.78 is 16.9. The molecule has 1 aromatic carbocycles. The molecular formula is C13H14N2O4. The minimum absolute atomic E-state index is 0.0874. The van der Waals surface area contributed by atoms with Crippen LogP contribution in [0, 0.1) is 0 Å². The molecule has 100 valence electrons. The van der Waals surface area contributed by atoms with Crippen LogP contribution in [0.25, 0.3) is 0 Å². The minimum Gasteiger partial charge on any atom is -0.488 e. The Morgan fingerprint density at radius 1 is 1.47 bits per heavy atom. The Hall–Kier alpha value is -2.08. The van der Waals surface area contributed by atoms with Crippen LogP contribution in [0.1, 0.15) is 11.5 Å². The number of hydrogen-bond donors (Lipinski definition) is 0. The second-order valence-corrected chi connectivity index (χ2v) is 4.43. The summed E-state index contributed by atoms with van der Waals surface area (Å²) in [4.78, 5) is 11.6. The van der Waals surface area contributed by atoms with Gasteiger partial charge in [-0.25, -0.2) is 4.79 Å². The van der Waals surface area contributed by atoms with Gasteiger partial charge in [-0.15, -0.1) is 5.10 Å². The topological polar surface area (TPSA) is 66.5 Å². The molecule has 0 aliphatic carbocycles. The maximum Gasteiger partial charge on any atom is 0.437 e. The first kappa shape index (κ1) is 12.0. The largest absolute Gasteiger partial charge is 0.488 e. The molecule has 0 amide bonds. The van der Waals surface area contributed by atoms with Crippen LogP contribution < -0.4 is 10.5 Å². The predicted molar refractivity (Wildman–Crippen MR) is 66.0 cm³/mol. The van der Waals surface area contributed by atoms with Gasteiger partial charge in [0.15, 0.2) is 0 Å². The van der Waals surface area contributed by atoms with Crippen LogP contribution in [-0.4, -0.2) is 23.0 Å². The molecule has 19 heavy (non-hydrogen) atoms.